The van der Waals surface area contributed by atoms with Crippen molar-refractivity contribution in [1.82, 2.24) is 34.4 Å². The molecule has 0 atom stereocenters. The molecule has 0 aliphatic heterocycles. The third-order valence-corrected chi connectivity index (χ3v) is 9.82. The van der Waals surface area contributed by atoms with Crippen molar-refractivity contribution in [2.24, 2.45) is 0 Å². The molecule has 5 aromatic heterocycles. The number of benzene rings is 3. The van der Waals surface area contributed by atoms with Gasteiger partial charge in [0.05, 0.1) is 45.9 Å². The second kappa shape index (κ2) is 11.2. The number of rotatable bonds is 7. The van der Waals surface area contributed by atoms with Gasteiger partial charge in [0.1, 0.15) is 42.2 Å². The number of amides is 1. The van der Waals surface area contributed by atoms with E-state index in [1.54, 1.807) is 29.3 Å². The topological polar surface area (TPSA) is 141 Å². The first-order chi connectivity index (χ1) is 23.6. The number of halogens is 1. The highest BCUT2D eigenvalue weighted by Crippen LogP contribution is 2.41. The van der Waals surface area contributed by atoms with E-state index < -0.39 is 21.7 Å². The van der Waals surface area contributed by atoms with Crippen LogP contribution in [0.15, 0.2) is 96.1 Å². The highest BCUT2D eigenvalue weighted by Gasteiger charge is 2.27. The molecule has 0 saturated heterocycles. The Labute approximate surface area is 278 Å². The van der Waals surface area contributed by atoms with Gasteiger partial charge in [-0.05, 0) is 48.5 Å². The van der Waals surface area contributed by atoms with Crippen molar-refractivity contribution >= 4 is 59.9 Å². The molecule has 49 heavy (non-hydrogen) atoms. The van der Waals surface area contributed by atoms with Crippen molar-refractivity contribution in [3.63, 3.8) is 0 Å². The van der Waals surface area contributed by atoms with E-state index in [1.807, 2.05) is 30.3 Å². The number of fused-ring (bicyclic) bond motifs is 6. The second-order valence-electron chi connectivity index (χ2n) is 11.6. The minimum Gasteiger partial charge on any atom is -0.455 e. The van der Waals surface area contributed by atoms with Crippen molar-refractivity contribution in [3.8, 4) is 22.6 Å². The Morgan fingerprint density at radius 1 is 1.02 bits per heavy atom. The van der Waals surface area contributed by atoms with Crippen molar-refractivity contribution in [3.05, 3.63) is 109 Å². The van der Waals surface area contributed by atoms with Gasteiger partial charge in [-0.15, -0.1) is 0 Å². The van der Waals surface area contributed by atoms with Crippen molar-refractivity contribution in [2.75, 3.05) is 24.7 Å². The van der Waals surface area contributed by atoms with E-state index in [-0.39, 0.29) is 22.6 Å². The van der Waals surface area contributed by atoms with E-state index in [2.05, 4.69) is 25.9 Å². The summed E-state index contributed by atoms with van der Waals surface area (Å²) in [6, 6.07) is 20.8. The lowest BCUT2D eigenvalue weighted by atomic mass is 10.00. The summed E-state index contributed by atoms with van der Waals surface area (Å²) in [4.78, 5) is 27.2. The van der Waals surface area contributed by atoms with Crippen LogP contribution in [0.25, 0.3) is 60.9 Å². The van der Waals surface area contributed by atoms with Crippen LogP contribution < -0.4 is 9.62 Å². The molecule has 244 valence electrons. The highest BCUT2D eigenvalue weighted by molar-refractivity contribution is 7.92. The van der Waals surface area contributed by atoms with Gasteiger partial charge in [0, 0.05) is 47.4 Å². The van der Waals surface area contributed by atoms with Crippen LogP contribution in [0.3, 0.4) is 0 Å². The maximum Gasteiger partial charge on any atom is 0.255 e. The van der Waals surface area contributed by atoms with Crippen LogP contribution in [0.5, 0.6) is 0 Å². The number of pyridine rings is 1. The normalized spacial score (nSPS) is 12.0. The van der Waals surface area contributed by atoms with E-state index in [0.29, 0.717) is 34.3 Å². The van der Waals surface area contributed by atoms with Crippen LogP contribution >= 0.6 is 0 Å². The number of aromatic nitrogens is 6. The number of carbonyl (C=O) groups excluding carboxylic acids is 1. The van der Waals surface area contributed by atoms with Gasteiger partial charge in [0.15, 0.2) is 0 Å². The summed E-state index contributed by atoms with van der Waals surface area (Å²) in [6.45, 7) is 0.367. The number of para-hydroxylation sites is 1. The number of hydrogen-bond acceptors (Lipinski definition) is 8. The summed E-state index contributed by atoms with van der Waals surface area (Å²) >= 11 is 0. The number of anilines is 1. The van der Waals surface area contributed by atoms with Gasteiger partial charge >= 0.3 is 0 Å². The molecule has 5 heterocycles. The van der Waals surface area contributed by atoms with Crippen LogP contribution in [-0.4, -0.2) is 63.8 Å². The zero-order chi connectivity index (χ0) is 34.0. The Morgan fingerprint density at radius 3 is 2.55 bits per heavy atom. The molecule has 1 amide bonds. The Morgan fingerprint density at radius 2 is 1.82 bits per heavy atom. The molecule has 12 nitrogen and oxygen atoms in total. The average Bonchev–Trinajstić information content (AvgIpc) is 3.84. The molecular formula is C35H27FN8O4S. The fourth-order valence-electron chi connectivity index (χ4n) is 6.21. The third-order valence-electron chi connectivity index (χ3n) is 8.63. The summed E-state index contributed by atoms with van der Waals surface area (Å²) in [5.74, 6) is 0.0831. The summed E-state index contributed by atoms with van der Waals surface area (Å²) < 4.78 is 50.8. The molecule has 0 aliphatic rings. The lowest BCUT2D eigenvalue weighted by molar-refractivity contribution is 0.0964. The third kappa shape index (κ3) is 5.04. The number of sulfonamides is 1. The summed E-state index contributed by atoms with van der Waals surface area (Å²) in [5, 5.41) is 9.15. The van der Waals surface area contributed by atoms with E-state index in [4.69, 9.17) is 14.4 Å². The maximum atomic E-state index is 13.8. The van der Waals surface area contributed by atoms with Crippen molar-refractivity contribution < 1.29 is 22.0 Å². The molecular weight excluding hydrogens is 648 g/mol. The molecule has 0 saturated carbocycles. The SMILES string of the molecule is CNC(=O)c1c(-c2ccc(F)cc2)oc2cc(N(C)S(C)(=O)=O)c(-c3cc4c(cn3)nc(Cn3cncn3)n3c5ccccc5cc43)cc12. The molecule has 0 bridgehead atoms. The minimum absolute atomic E-state index is 0.219. The van der Waals surface area contributed by atoms with E-state index in [9.17, 15) is 17.6 Å². The quantitative estimate of drug-likeness (QED) is 0.229. The van der Waals surface area contributed by atoms with Crippen molar-refractivity contribution in [2.45, 2.75) is 6.54 Å². The maximum absolute atomic E-state index is 13.8. The Kier molecular flexibility index (Phi) is 6.92. The van der Waals surface area contributed by atoms with Gasteiger partial charge < -0.3 is 9.73 Å². The largest absolute Gasteiger partial charge is 0.455 e. The van der Waals surface area contributed by atoms with E-state index in [1.165, 1.54) is 44.7 Å². The summed E-state index contributed by atoms with van der Waals surface area (Å²) in [7, 11) is -0.799. The van der Waals surface area contributed by atoms with Gasteiger partial charge in [-0.2, -0.15) is 5.10 Å². The molecule has 1 N–H and O–H groups in total. The Balaban J connectivity index is 1.41. The average molecular weight is 675 g/mol. The van der Waals surface area contributed by atoms with Crippen LogP contribution in [0, 0.1) is 5.82 Å². The number of nitrogens with zero attached hydrogens (tertiary/aromatic N) is 7. The zero-order valence-electron chi connectivity index (χ0n) is 26.4. The first-order valence-corrected chi connectivity index (χ1v) is 17.0. The summed E-state index contributed by atoms with van der Waals surface area (Å²) in [5.41, 5.74) is 4.61. The summed E-state index contributed by atoms with van der Waals surface area (Å²) in [6.07, 6.45) is 5.86. The van der Waals surface area contributed by atoms with Gasteiger partial charge in [0.25, 0.3) is 5.91 Å². The highest BCUT2D eigenvalue weighted by atomic mass is 32.2. The second-order valence-corrected chi connectivity index (χ2v) is 13.6. The fourth-order valence-corrected chi connectivity index (χ4v) is 6.72. The van der Waals surface area contributed by atoms with Crippen LogP contribution in [0.2, 0.25) is 0 Å². The van der Waals surface area contributed by atoms with Gasteiger partial charge in [-0.1, -0.05) is 18.2 Å². The standard InChI is InChI=1S/C35H27FN8O4S/c1-37-35(45)33-25-13-23(29(42(2)49(3,46)47)15-31(25)48-34(33)20-8-10-22(36)11-9-20)26-14-24-27(16-39-26)41-32(17-43-19-38-18-40-43)44-28-7-5-4-6-21(28)12-30(24)44/h4-16,18-19H,17H2,1-3H3,(H,37,45). The molecule has 0 fully saturated rings. The lowest BCUT2D eigenvalue weighted by Gasteiger charge is -2.20. The fraction of sp³-hybridized carbons (Fsp3) is 0.114. The van der Waals surface area contributed by atoms with Crippen LogP contribution in [0.1, 0.15) is 16.2 Å². The number of hydrogen-bond donors (Lipinski definition) is 1. The number of carbonyl (C=O) groups is 1. The lowest BCUT2D eigenvalue weighted by Crippen LogP contribution is -2.25. The molecule has 0 unspecified atom stereocenters. The predicted octanol–water partition coefficient (Wildman–Crippen LogP) is 5.65. The van der Waals surface area contributed by atoms with Gasteiger partial charge in [-0.3, -0.25) is 18.5 Å². The zero-order valence-corrected chi connectivity index (χ0v) is 27.2. The smallest absolute Gasteiger partial charge is 0.255 e. The molecule has 3 aromatic carbocycles. The first kappa shape index (κ1) is 30.2. The Bertz CT molecular complexity index is 2700. The molecule has 14 heteroatoms. The van der Waals surface area contributed by atoms with Gasteiger partial charge in [0.2, 0.25) is 10.0 Å². The first-order valence-electron chi connectivity index (χ1n) is 15.1. The minimum atomic E-state index is -3.75. The predicted molar refractivity (Wildman–Crippen MR) is 184 cm³/mol. The van der Waals surface area contributed by atoms with E-state index >= 15 is 0 Å². The van der Waals surface area contributed by atoms with Crippen LogP contribution in [-0.2, 0) is 16.6 Å². The number of nitrogens with one attached hydrogen (secondary N) is 1. The Hall–Kier alpha value is -6.15. The van der Waals surface area contributed by atoms with Gasteiger partial charge in [-0.25, -0.2) is 27.5 Å². The molecule has 0 aliphatic carbocycles. The van der Waals surface area contributed by atoms with E-state index in [0.717, 1.165) is 38.2 Å². The molecule has 8 aromatic rings. The van der Waals surface area contributed by atoms with Crippen LogP contribution in [0.4, 0.5) is 10.1 Å². The molecule has 8 rings (SSSR count). The molecule has 0 radical (unpaired) electrons. The molecule has 0 spiro atoms. The monoisotopic (exact) mass is 674 g/mol. The number of furan rings is 1. The van der Waals surface area contributed by atoms with Crippen molar-refractivity contribution in [1.29, 1.82) is 0 Å².